The average Bonchev–Trinajstić information content (AvgIpc) is 3.98. The number of hydrogen-bond donors (Lipinski definition) is 5. The third-order valence-electron chi connectivity index (χ3n) is 10.3. The van der Waals surface area contributed by atoms with Crippen LogP contribution in [0.25, 0.3) is 33.6 Å². The van der Waals surface area contributed by atoms with Gasteiger partial charge in [0, 0.05) is 18.7 Å². The van der Waals surface area contributed by atoms with Crippen molar-refractivity contribution in [3.05, 3.63) is 72.3 Å². The van der Waals surface area contributed by atoms with Crippen molar-refractivity contribution in [1.29, 1.82) is 0 Å². The Morgan fingerprint density at radius 2 is 1.28 bits per heavy atom. The zero-order valence-electron chi connectivity index (χ0n) is 31.1. The maximum Gasteiger partial charge on any atom is 0.407 e. The van der Waals surface area contributed by atoms with Crippen molar-refractivity contribution in [3.8, 4) is 33.6 Å². The Morgan fingerprint density at radius 3 is 1.80 bits per heavy atom. The van der Waals surface area contributed by atoms with Crippen molar-refractivity contribution in [1.82, 2.24) is 40.4 Å². The Bertz CT molecular complexity index is 1990. The number of alkyl carbamates (subject to hydrolysis) is 1. The maximum absolute atomic E-state index is 15.7. The van der Waals surface area contributed by atoms with Gasteiger partial charge in [-0.2, -0.15) is 0 Å². The lowest BCUT2D eigenvalue weighted by Gasteiger charge is -2.30. The maximum atomic E-state index is 15.7. The van der Waals surface area contributed by atoms with Gasteiger partial charge in [0.15, 0.2) is 0 Å². The molecule has 2 aromatic heterocycles. The van der Waals surface area contributed by atoms with Gasteiger partial charge in [-0.3, -0.25) is 9.59 Å². The Kier molecular flexibility index (Phi) is 11.3. The van der Waals surface area contributed by atoms with E-state index in [-0.39, 0.29) is 35.7 Å². The van der Waals surface area contributed by atoms with Crippen molar-refractivity contribution in [2.75, 3.05) is 20.2 Å². The van der Waals surface area contributed by atoms with Crippen molar-refractivity contribution >= 4 is 24.0 Å². The van der Waals surface area contributed by atoms with Crippen LogP contribution in [0.15, 0.2) is 54.9 Å². The fourth-order valence-electron chi connectivity index (χ4n) is 7.38. The second-order valence-corrected chi connectivity index (χ2v) is 14.5. The van der Waals surface area contributed by atoms with E-state index in [1.54, 1.807) is 28.3 Å². The van der Waals surface area contributed by atoms with E-state index in [0.29, 0.717) is 54.4 Å². The molecule has 0 aliphatic carbocycles. The minimum atomic E-state index is -1.23. The topological polar surface area (TPSA) is 186 Å². The van der Waals surface area contributed by atoms with Crippen LogP contribution in [0, 0.1) is 17.7 Å². The summed E-state index contributed by atoms with van der Waals surface area (Å²) in [4.78, 5) is 69.2. The van der Waals surface area contributed by atoms with Crippen LogP contribution >= 0.6 is 0 Å². The highest BCUT2D eigenvalue weighted by Gasteiger charge is 2.39. The lowest BCUT2D eigenvalue weighted by molar-refractivity contribution is -0.136. The van der Waals surface area contributed by atoms with Crippen molar-refractivity contribution in [2.24, 2.45) is 11.8 Å². The van der Waals surface area contributed by atoms with Gasteiger partial charge in [-0.1, -0.05) is 58.0 Å². The predicted octanol–water partition coefficient (Wildman–Crippen LogP) is 6.27. The highest BCUT2D eigenvalue weighted by atomic mass is 19.1. The molecule has 14 nitrogen and oxygen atoms in total. The van der Waals surface area contributed by atoms with Crippen LogP contribution in [0.1, 0.15) is 77.1 Å². The molecule has 54 heavy (non-hydrogen) atoms. The second-order valence-electron chi connectivity index (χ2n) is 14.5. The van der Waals surface area contributed by atoms with Crippen molar-refractivity contribution < 1.29 is 33.4 Å². The van der Waals surface area contributed by atoms with Crippen LogP contribution in [-0.2, 0) is 14.3 Å². The Balaban J connectivity index is 1.13. The average molecular weight is 743 g/mol. The molecule has 286 valence electrons. The van der Waals surface area contributed by atoms with Crippen LogP contribution in [0.2, 0.25) is 0 Å². The molecule has 0 unspecified atom stereocenters. The summed E-state index contributed by atoms with van der Waals surface area (Å²) in [5.41, 5.74) is 3.97. The number of carbonyl (C=O) groups excluding carboxylic acids is 3. The Morgan fingerprint density at radius 1 is 0.778 bits per heavy atom. The molecule has 0 spiro atoms. The summed E-state index contributed by atoms with van der Waals surface area (Å²) in [6.07, 6.45) is 4.34. The first-order valence-electron chi connectivity index (χ1n) is 18.3. The first-order valence-corrected chi connectivity index (χ1v) is 18.3. The van der Waals surface area contributed by atoms with Gasteiger partial charge in [0.05, 0.1) is 43.0 Å². The summed E-state index contributed by atoms with van der Waals surface area (Å²) in [6.45, 7) is 8.37. The summed E-state index contributed by atoms with van der Waals surface area (Å²) in [5, 5.41) is 14.3. The highest BCUT2D eigenvalue weighted by Crippen LogP contribution is 2.35. The standard InChI is InChI=1S/C39H47FN8O6/c1-21(2)32(45-38(51)52)36(49)47-16-6-8-30(47)34-41-19-28(43-34)24-12-10-23(11-13-24)25-14-15-26(27(40)18-25)29-20-42-35(44-29)31-9-7-17-48(31)37(50)33(22(3)4)46-39(53)54-5/h10-15,18-22,30-33,45H,6-9,16-17H2,1-5H3,(H,41,43)(H,42,44)(H,46,53)(H,51,52)/t30-,31-,32-,33-/m0/s1. The van der Waals surface area contributed by atoms with Gasteiger partial charge in [-0.05, 0) is 66.3 Å². The molecule has 4 amide bonds. The number of aromatic nitrogens is 4. The molecular formula is C39H47FN8O6. The third-order valence-corrected chi connectivity index (χ3v) is 10.3. The number of likely N-dealkylation sites (tertiary alicyclic amines) is 2. The first-order chi connectivity index (χ1) is 25.9. The van der Waals surface area contributed by atoms with Crippen molar-refractivity contribution in [2.45, 2.75) is 77.5 Å². The van der Waals surface area contributed by atoms with Crippen molar-refractivity contribution in [3.63, 3.8) is 0 Å². The molecule has 15 heteroatoms. The van der Waals surface area contributed by atoms with Crippen LogP contribution in [0.4, 0.5) is 14.0 Å². The summed E-state index contributed by atoms with van der Waals surface area (Å²) in [7, 11) is 1.26. The van der Waals surface area contributed by atoms with E-state index in [9.17, 15) is 24.3 Å². The number of nitrogens with zero attached hydrogens (tertiary/aromatic N) is 4. The van der Waals surface area contributed by atoms with E-state index in [1.165, 1.54) is 13.2 Å². The quantitative estimate of drug-likeness (QED) is 0.119. The molecule has 4 aromatic rings. The van der Waals surface area contributed by atoms with Gasteiger partial charge < -0.3 is 40.2 Å². The normalized spacial score (nSPS) is 18.2. The number of rotatable bonds is 11. The zero-order valence-corrected chi connectivity index (χ0v) is 31.1. The summed E-state index contributed by atoms with van der Waals surface area (Å²) in [6, 6.07) is 10.4. The number of aromatic amines is 2. The Labute approximate surface area is 312 Å². The minimum absolute atomic E-state index is 0.159. The smallest absolute Gasteiger partial charge is 0.407 e. The number of nitrogens with one attached hydrogen (secondary N) is 4. The van der Waals surface area contributed by atoms with E-state index in [4.69, 9.17) is 4.74 Å². The lowest BCUT2D eigenvalue weighted by atomic mass is 10.0. The van der Waals surface area contributed by atoms with E-state index < -0.39 is 30.1 Å². The molecule has 4 heterocycles. The fraction of sp³-hybridized carbons (Fsp3) is 0.436. The molecule has 0 bridgehead atoms. The summed E-state index contributed by atoms with van der Waals surface area (Å²) < 4.78 is 20.4. The number of imidazole rings is 2. The number of hydrogen-bond acceptors (Lipinski definition) is 7. The van der Waals surface area contributed by atoms with Crippen LogP contribution in [0.5, 0.6) is 0 Å². The van der Waals surface area contributed by atoms with Gasteiger partial charge in [0.1, 0.15) is 29.5 Å². The molecule has 0 saturated carbocycles. The number of H-pyrrole nitrogens is 2. The molecule has 0 radical (unpaired) electrons. The lowest BCUT2D eigenvalue weighted by Crippen LogP contribution is -2.51. The number of ether oxygens (including phenoxy) is 1. The molecular weight excluding hydrogens is 695 g/mol. The first kappa shape index (κ1) is 38.0. The summed E-state index contributed by atoms with van der Waals surface area (Å²) >= 11 is 0. The molecule has 6 rings (SSSR count). The van der Waals surface area contributed by atoms with Gasteiger partial charge in [0.25, 0.3) is 0 Å². The largest absolute Gasteiger partial charge is 0.465 e. The third kappa shape index (κ3) is 7.94. The van der Waals surface area contributed by atoms with Crippen LogP contribution in [-0.4, -0.2) is 91.1 Å². The van der Waals surface area contributed by atoms with Gasteiger partial charge in [-0.15, -0.1) is 0 Å². The molecule has 4 atom stereocenters. The van der Waals surface area contributed by atoms with Gasteiger partial charge >= 0.3 is 12.2 Å². The van der Waals surface area contributed by atoms with Crippen LogP contribution < -0.4 is 10.6 Å². The molecule has 5 N–H and O–H groups in total. The molecule has 2 fully saturated rings. The predicted molar refractivity (Wildman–Crippen MR) is 198 cm³/mol. The van der Waals surface area contributed by atoms with Gasteiger partial charge in [0.2, 0.25) is 11.8 Å². The summed E-state index contributed by atoms with van der Waals surface area (Å²) in [5.74, 6) is -0.0847. The minimum Gasteiger partial charge on any atom is -0.465 e. The molecule has 2 aliphatic heterocycles. The van der Waals surface area contributed by atoms with Crippen LogP contribution in [0.3, 0.4) is 0 Å². The van der Waals surface area contributed by atoms with E-state index in [0.717, 1.165) is 29.7 Å². The number of methoxy groups -OCH3 is 1. The monoisotopic (exact) mass is 742 g/mol. The number of amides is 4. The highest BCUT2D eigenvalue weighted by molar-refractivity contribution is 5.87. The molecule has 2 aromatic carbocycles. The van der Waals surface area contributed by atoms with E-state index in [2.05, 4.69) is 30.6 Å². The zero-order chi connectivity index (χ0) is 38.7. The molecule has 2 saturated heterocycles. The number of carbonyl (C=O) groups is 4. The molecule has 2 aliphatic rings. The number of halogens is 1. The SMILES string of the molecule is COC(=O)N[C@H](C(=O)N1CCC[C@H]1c1ncc(-c2ccc(-c3ccc(-c4cnc([C@@H]5CCCN5C(=O)[C@@H](NC(=O)O)C(C)C)[nH]4)cc3)cc2F)[nH]1)C(C)C. The number of carboxylic acid groups (broad SMARTS) is 1. The second kappa shape index (κ2) is 16.1. The number of benzene rings is 2. The van der Waals surface area contributed by atoms with E-state index >= 15 is 4.39 Å². The van der Waals surface area contributed by atoms with Gasteiger partial charge in [-0.25, -0.2) is 23.9 Å². The van der Waals surface area contributed by atoms with E-state index in [1.807, 2.05) is 58.0 Å². The Hall–Kier alpha value is -5.73. The fourth-order valence-corrected chi connectivity index (χ4v) is 7.38.